The molecule has 0 bridgehead atoms. The van der Waals surface area contributed by atoms with Crippen molar-refractivity contribution in [1.29, 1.82) is 0 Å². The highest BCUT2D eigenvalue weighted by atomic mass is 16.5. The standard InChI is InChI=1S/C18H17N5O2/c1-3-12-8-15-16(19-9-12)22(18(24)23-17(15)20-11-21-23)10-13-4-6-14(25-2)7-5-13/h3-9,11,18,24H,1,10H2,2H3. The van der Waals surface area contributed by atoms with E-state index in [-0.39, 0.29) is 0 Å². The van der Waals surface area contributed by atoms with Gasteiger partial charge in [-0.25, -0.2) is 9.97 Å². The summed E-state index contributed by atoms with van der Waals surface area (Å²) < 4.78 is 6.68. The SMILES string of the molecule is C=Cc1cnc2c(c1)-c1ncnn1C(O)N2Cc1ccc(OC)cc1. The van der Waals surface area contributed by atoms with E-state index in [2.05, 4.69) is 21.6 Å². The van der Waals surface area contributed by atoms with Crippen molar-refractivity contribution >= 4 is 11.9 Å². The van der Waals surface area contributed by atoms with Crippen LogP contribution in [0.2, 0.25) is 0 Å². The molecule has 0 aliphatic carbocycles. The van der Waals surface area contributed by atoms with Crippen molar-refractivity contribution < 1.29 is 9.84 Å². The van der Waals surface area contributed by atoms with Crippen LogP contribution in [0.3, 0.4) is 0 Å². The summed E-state index contributed by atoms with van der Waals surface area (Å²) in [4.78, 5) is 10.6. The Kier molecular flexibility index (Phi) is 3.70. The van der Waals surface area contributed by atoms with Gasteiger partial charge in [-0.05, 0) is 29.3 Å². The lowest BCUT2D eigenvalue weighted by Gasteiger charge is -2.34. The quantitative estimate of drug-likeness (QED) is 0.789. The summed E-state index contributed by atoms with van der Waals surface area (Å²) in [6.07, 6.45) is 3.91. The van der Waals surface area contributed by atoms with Gasteiger partial charge in [0.15, 0.2) is 5.82 Å². The van der Waals surface area contributed by atoms with Crippen molar-refractivity contribution in [3.8, 4) is 17.1 Å². The monoisotopic (exact) mass is 335 g/mol. The molecule has 7 heteroatoms. The van der Waals surface area contributed by atoms with Crippen LogP contribution in [0.4, 0.5) is 5.82 Å². The highest BCUT2D eigenvalue weighted by molar-refractivity contribution is 5.75. The molecule has 1 aliphatic rings. The van der Waals surface area contributed by atoms with Crippen LogP contribution >= 0.6 is 0 Å². The van der Waals surface area contributed by atoms with E-state index < -0.39 is 6.35 Å². The molecular weight excluding hydrogens is 318 g/mol. The van der Waals surface area contributed by atoms with Gasteiger partial charge in [-0.1, -0.05) is 24.8 Å². The molecule has 25 heavy (non-hydrogen) atoms. The van der Waals surface area contributed by atoms with Gasteiger partial charge < -0.3 is 14.7 Å². The van der Waals surface area contributed by atoms with Gasteiger partial charge in [0.2, 0.25) is 6.35 Å². The highest BCUT2D eigenvalue weighted by Gasteiger charge is 2.32. The molecule has 1 N–H and O–H groups in total. The average Bonchev–Trinajstić information content (AvgIpc) is 3.15. The van der Waals surface area contributed by atoms with E-state index in [1.165, 1.54) is 11.0 Å². The number of aliphatic hydroxyl groups is 1. The molecule has 4 rings (SSSR count). The van der Waals surface area contributed by atoms with Crippen LogP contribution in [0.1, 0.15) is 17.5 Å². The molecule has 7 nitrogen and oxygen atoms in total. The molecule has 1 atom stereocenters. The predicted molar refractivity (Wildman–Crippen MR) is 93.8 cm³/mol. The predicted octanol–water partition coefficient (Wildman–Crippen LogP) is 2.46. The third-order valence-corrected chi connectivity index (χ3v) is 4.22. The molecule has 126 valence electrons. The number of rotatable bonds is 4. The van der Waals surface area contributed by atoms with Crippen LogP contribution < -0.4 is 9.64 Å². The fourth-order valence-corrected chi connectivity index (χ4v) is 2.92. The molecular formula is C18H17N5O2. The normalized spacial score (nSPS) is 15.4. The Morgan fingerprint density at radius 2 is 2.08 bits per heavy atom. The zero-order chi connectivity index (χ0) is 17.4. The molecule has 0 amide bonds. The Morgan fingerprint density at radius 3 is 2.80 bits per heavy atom. The summed E-state index contributed by atoms with van der Waals surface area (Å²) in [6, 6.07) is 9.65. The van der Waals surface area contributed by atoms with Crippen molar-refractivity contribution in [2.24, 2.45) is 0 Å². The largest absolute Gasteiger partial charge is 0.497 e. The van der Waals surface area contributed by atoms with E-state index in [0.29, 0.717) is 18.2 Å². The lowest BCUT2D eigenvalue weighted by Crippen LogP contribution is -2.37. The number of nitrogens with zero attached hydrogens (tertiary/aromatic N) is 5. The molecule has 0 saturated carbocycles. The van der Waals surface area contributed by atoms with Gasteiger partial charge in [-0.15, -0.1) is 0 Å². The smallest absolute Gasteiger partial charge is 0.230 e. The second-order valence-electron chi connectivity index (χ2n) is 5.69. The summed E-state index contributed by atoms with van der Waals surface area (Å²) in [7, 11) is 1.63. The van der Waals surface area contributed by atoms with Crippen molar-refractivity contribution in [2.75, 3.05) is 12.0 Å². The maximum atomic E-state index is 10.7. The fourth-order valence-electron chi connectivity index (χ4n) is 2.92. The minimum absolute atomic E-state index is 0.470. The van der Waals surface area contributed by atoms with Crippen molar-refractivity contribution in [1.82, 2.24) is 19.7 Å². The maximum Gasteiger partial charge on any atom is 0.230 e. The minimum Gasteiger partial charge on any atom is -0.497 e. The van der Waals surface area contributed by atoms with Gasteiger partial charge in [0, 0.05) is 12.7 Å². The molecule has 1 unspecified atom stereocenters. The van der Waals surface area contributed by atoms with Gasteiger partial charge in [-0.2, -0.15) is 9.78 Å². The summed E-state index contributed by atoms with van der Waals surface area (Å²) in [6.45, 7) is 4.25. The Labute approximate surface area is 144 Å². The number of pyridine rings is 1. The van der Waals surface area contributed by atoms with Crippen molar-refractivity contribution in [2.45, 2.75) is 12.9 Å². The number of aromatic nitrogens is 4. The number of hydrogen-bond donors (Lipinski definition) is 1. The zero-order valence-electron chi connectivity index (χ0n) is 13.7. The molecule has 1 aliphatic heterocycles. The number of ether oxygens (including phenoxy) is 1. The number of anilines is 1. The number of hydrogen-bond acceptors (Lipinski definition) is 6. The molecule has 1 aromatic carbocycles. The number of fused-ring (bicyclic) bond motifs is 3. The Bertz CT molecular complexity index is 919. The molecule has 3 aromatic rings. The Balaban J connectivity index is 1.76. The molecule has 3 heterocycles. The van der Waals surface area contributed by atoms with Crippen molar-refractivity contribution in [3.63, 3.8) is 0 Å². The van der Waals surface area contributed by atoms with E-state index in [9.17, 15) is 5.11 Å². The van der Waals surface area contributed by atoms with Gasteiger partial charge in [-0.3, -0.25) is 0 Å². The fraction of sp³-hybridized carbons (Fsp3) is 0.167. The van der Waals surface area contributed by atoms with Gasteiger partial charge in [0.25, 0.3) is 0 Å². The lowest BCUT2D eigenvalue weighted by molar-refractivity contribution is 0.0823. The van der Waals surface area contributed by atoms with E-state index in [4.69, 9.17) is 4.74 Å². The molecule has 0 fully saturated rings. The highest BCUT2D eigenvalue weighted by Crippen LogP contribution is 2.38. The van der Waals surface area contributed by atoms with Crippen LogP contribution in [0.5, 0.6) is 5.75 Å². The van der Waals surface area contributed by atoms with Crippen LogP contribution in [0.15, 0.2) is 49.4 Å². The van der Waals surface area contributed by atoms with Crippen LogP contribution in [0, 0.1) is 0 Å². The number of benzene rings is 1. The van der Waals surface area contributed by atoms with E-state index in [1.54, 1.807) is 24.3 Å². The third-order valence-electron chi connectivity index (χ3n) is 4.22. The first-order chi connectivity index (χ1) is 12.2. The van der Waals surface area contributed by atoms with Crippen LogP contribution in [-0.4, -0.2) is 32.0 Å². The van der Waals surface area contributed by atoms with Gasteiger partial charge >= 0.3 is 0 Å². The first-order valence-electron chi connectivity index (χ1n) is 7.81. The summed E-state index contributed by atoms with van der Waals surface area (Å²) in [5.41, 5.74) is 2.71. The molecule has 0 spiro atoms. The Morgan fingerprint density at radius 1 is 1.28 bits per heavy atom. The van der Waals surface area contributed by atoms with Gasteiger partial charge in [0.1, 0.15) is 17.9 Å². The van der Waals surface area contributed by atoms with E-state index in [0.717, 1.165) is 22.4 Å². The van der Waals surface area contributed by atoms with Crippen LogP contribution in [0.25, 0.3) is 17.5 Å². The lowest BCUT2D eigenvalue weighted by atomic mass is 10.1. The molecule has 0 saturated heterocycles. The van der Waals surface area contributed by atoms with E-state index >= 15 is 0 Å². The molecule has 0 radical (unpaired) electrons. The average molecular weight is 335 g/mol. The van der Waals surface area contributed by atoms with Gasteiger partial charge in [0.05, 0.1) is 12.7 Å². The second-order valence-corrected chi connectivity index (χ2v) is 5.69. The van der Waals surface area contributed by atoms with Crippen LogP contribution in [-0.2, 0) is 6.54 Å². The second kappa shape index (κ2) is 6.03. The third kappa shape index (κ3) is 2.54. The number of aliphatic hydroxyl groups excluding tert-OH is 1. The number of methoxy groups -OCH3 is 1. The maximum absolute atomic E-state index is 10.7. The Hall–Kier alpha value is -3.19. The topological polar surface area (TPSA) is 76.3 Å². The van der Waals surface area contributed by atoms with Crippen molar-refractivity contribution in [3.05, 3.63) is 60.6 Å². The summed E-state index contributed by atoms with van der Waals surface area (Å²) >= 11 is 0. The minimum atomic E-state index is -0.978. The van der Waals surface area contributed by atoms with E-state index in [1.807, 2.05) is 30.3 Å². The first-order valence-corrected chi connectivity index (χ1v) is 7.81. The summed E-state index contributed by atoms with van der Waals surface area (Å²) in [5.74, 6) is 2.04. The first kappa shape index (κ1) is 15.3. The summed E-state index contributed by atoms with van der Waals surface area (Å²) in [5, 5.41) is 14.9. The molecule has 2 aromatic heterocycles. The zero-order valence-corrected chi connectivity index (χ0v) is 13.7.